The lowest BCUT2D eigenvalue weighted by atomic mass is 10.1. The van der Waals surface area contributed by atoms with E-state index in [1.807, 2.05) is 0 Å². The van der Waals surface area contributed by atoms with Crippen molar-refractivity contribution in [3.8, 4) is 0 Å². The van der Waals surface area contributed by atoms with E-state index in [9.17, 15) is 14.0 Å². The third kappa shape index (κ3) is 3.00. The second kappa shape index (κ2) is 5.52. The third-order valence-electron chi connectivity index (χ3n) is 2.70. The number of halogens is 1. The van der Waals surface area contributed by atoms with Gasteiger partial charge in [-0.3, -0.25) is 9.48 Å². The van der Waals surface area contributed by atoms with Crippen molar-refractivity contribution in [1.29, 1.82) is 0 Å². The maximum Gasteiger partial charge on any atom is 0.341 e. The van der Waals surface area contributed by atoms with Crippen LogP contribution >= 0.6 is 0 Å². The molecule has 20 heavy (non-hydrogen) atoms. The van der Waals surface area contributed by atoms with Gasteiger partial charge in [0.05, 0.1) is 12.6 Å². The lowest BCUT2D eigenvalue weighted by molar-refractivity contribution is -0.115. The van der Waals surface area contributed by atoms with Gasteiger partial charge in [0, 0.05) is 7.05 Å². The molecule has 0 bridgehead atoms. The molecule has 0 fully saturated rings. The van der Waals surface area contributed by atoms with Gasteiger partial charge in [-0.1, -0.05) is 12.1 Å². The average Bonchev–Trinajstić information content (AvgIpc) is 2.74. The Labute approximate surface area is 113 Å². The van der Waals surface area contributed by atoms with Gasteiger partial charge in [-0.15, -0.1) is 0 Å². The van der Waals surface area contributed by atoms with Crippen LogP contribution in [0.2, 0.25) is 0 Å². The summed E-state index contributed by atoms with van der Waals surface area (Å²) in [5, 5.41) is 15.2. The predicted molar refractivity (Wildman–Crippen MR) is 68.9 cm³/mol. The fraction of sp³-hybridized carbons (Fsp3) is 0.154. The van der Waals surface area contributed by atoms with E-state index in [2.05, 4.69) is 10.4 Å². The molecule has 0 aliphatic rings. The molecular weight excluding hydrogens is 265 g/mol. The molecule has 0 atom stereocenters. The number of aryl methyl sites for hydroxylation is 1. The SMILES string of the molecule is Cn1ncc(C(=O)O)c1NC(=O)Cc1ccc(F)cc1. The second-order valence-corrected chi connectivity index (χ2v) is 4.19. The highest BCUT2D eigenvalue weighted by atomic mass is 19.1. The maximum atomic E-state index is 12.7. The van der Waals surface area contributed by atoms with Crippen molar-refractivity contribution in [2.75, 3.05) is 5.32 Å². The molecule has 0 saturated carbocycles. The molecule has 2 N–H and O–H groups in total. The van der Waals surface area contributed by atoms with Crippen LogP contribution < -0.4 is 5.32 Å². The zero-order chi connectivity index (χ0) is 14.7. The van der Waals surface area contributed by atoms with Gasteiger partial charge in [0.15, 0.2) is 0 Å². The molecule has 0 aliphatic carbocycles. The van der Waals surface area contributed by atoms with E-state index >= 15 is 0 Å². The fourth-order valence-electron chi connectivity index (χ4n) is 1.71. The van der Waals surface area contributed by atoms with E-state index in [0.717, 1.165) is 6.20 Å². The molecule has 1 aromatic heterocycles. The van der Waals surface area contributed by atoms with Gasteiger partial charge in [0.1, 0.15) is 17.2 Å². The number of aromatic carboxylic acids is 1. The summed E-state index contributed by atoms with van der Waals surface area (Å²) in [7, 11) is 1.53. The zero-order valence-corrected chi connectivity index (χ0v) is 10.6. The number of carboxylic acid groups (broad SMARTS) is 1. The molecule has 0 unspecified atom stereocenters. The highest BCUT2D eigenvalue weighted by Crippen LogP contribution is 2.14. The Morgan fingerprint density at radius 3 is 2.60 bits per heavy atom. The predicted octanol–water partition coefficient (Wildman–Crippen LogP) is 1.44. The minimum atomic E-state index is -1.17. The summed E-state index contributed by atoms with van der Waals surface area (Å²) in [6.07, 6.45) is 1.18. The monoisotopic (exact) mass is 277 g/mol. The van der Waals surface area contributed by atoms with Crippen LogP contribution in [0.5, 0.6) is 0 Å². The number of hydrogen-bond donors (Lipinski definition) is 2. The Balaban J connectivity index is 2.10. The molecule has 0 aliphatic heterocycles. The molecule has 0 radical (unpaired) electrons. The van der Waals surface area contributed by atoms with Gasteiger partial charge in [-0.05, 0) is 17.7 Å². The minimum absolute atomic E-state index is 0.0184. The van der Waals surface area contributed by atoms with Gasteiger partial charge < -0.3 is 10.4 Å². The van der Waals surface area contributed by atoms with Crippen LogP contribution in [0.4, 0.5) is 10.2 Å². The van der Waals surface area contributed by atoms with Crippen molar-refractivity contribution in [1.82, 2.24) is 9.78 Å². The molecule has 2 rings (SSSR count). The van der Waals surface area contributed by atoms with Gasteiger partial charge in [-0.2, -0.15) is 5.10 Å². The Hall–Kier alpha value is -2.70. The van der Waals surface area contributed by atoms with E-state index in [0.29, 0.717) is 5.56 Å². The molecule has 1 aromatic carbocycles. The van der Waals surface area contributed by atoms with Gasteiger partial charge in [0.2, 0.25) is 5.91 Å². The second-order valence-electron chi connectivity index (χ2n) is 4.19. The number of benzene rings is 1. The first-order chi connectivity index (χ1) is 9.47. The first-order valence-corrected chi connectivity index (χ1v) is 5.77. The number of amides is 1. The van der Waals surface area contributed by atoms with Crippen molar-refractivity contribution >= 4 is 17.7 Å². The smallest absolute Gasteiger partial charge is 0.341 e. The van der Waals surface area contributed by atoms with Crippen LogP contribution in [0.25, 0.3) is 0 Å². The number of nitrogens with one attached hydrogen (secondary N) is 1. The number of carbonyl (C=O) groups is 2. The summed E-state index contributed by atoms with van der Waals surface area (Å²) in [5.41, 5.74) is 0.544. The van der Waals surface area contributed by atoms with E-state index in [1.165, 1.54) is 36.0 Å². The molecule has 104 valence electrons. The number of carbonyl (C=O) groups excluding carboxylic acids is 1. The number of aromatic nitrogens is 2. The molecule has 7 heteroatoms. The minimum Gasteiger partial charge on any atom is -0.477 e. The molecule has 0 spiro atoms. The summed E-state index contributed by atoms with van der Waals surface area (Å²) in [6, 6.07) is 5.51. The molecular formula is C13H12FN3O3. The number of carboxylic acids is 1. The number of nitrogens with zero attached hydrogens (tertiary/aromatic N) is 2. The third-order valence-corrected chi connectivity index (χ3v) is 2.70. The topological polar surface area (TPSA) is 84.2 Å². The first-order valence-electron chi connectivity index (χ1n) is 5.77. The summed E-state index contributed by atoms with van der Waals surface area (Å²) in [5.74, 6) is -1.84. The van der Waals surface area contributed by atoms with Crippen LogP contribution in [0.3, 0.4) is 0 Å². The lowest BCUT2D eigenvalue weighted by Crippen LogP contribution is -2.18. The van der Waals surface area contributed by atoms with Crippen molar-refractivity contribution < 1.29 is 19.1 Å². The van der Waals surface area contributed by atoms with Crippen LogP contribution in [-0.2, 0) is 18.3 Å². The molecule has 6 nitrogen and oxygen atoms in total. The summed E-state index contributed by atoms with van der Waals surface area (Å²) < 4.78 is 14.0. The average molecular weight is 277 g/mol. The van der Waals surface area contributed by atoms with Crippen molar-refractivity contribution in [3.63, 3.8) is 0 Å². The zero-order valence-electron chi connectivity index (χ0n) is 10.6. The standard InChI is InChI=1S/C13H12FN3O3/c1-17-12(10(7-15-17)13(19)20)16-11(18)6-8-2-4-9(14)5-3-8/h2-5,7H,6H2,1H3,(H,16,18)(H,19,20). The molecule has 0 saturated heterocycles. The Morgan fingerprint density at radius 2 is 2.00 bits per heavy atom. The Morgan fingerprint density at radius 1 is 1.35 bits per heavy atom. The Kier molecular flexibility index (Phi) is 3.79. The highest BCUT2D eigenvalue weighted by molar-refractivity contribution is 5.99. The quantitative estimate of drug-likeness (QED) is 0.885. The molecule has 2 aromatic rings. The highest BCUT2D eigenvalue weighted by Gasteiger charge is 2.17. The van der Waals surface area contributed by atoms with E-state index in [4.69, 9.17) is 5.11 Å². The van der Waals surface area contributed by atoms with Crippen LogP contribution in [0, 0.1) is 5.82 Å². The van der Waals surface area contributed by atoms with Gasteiger partial charge in [0.25, 0.3) is 0 Å². The van der Waals surface area contributed by atoms with Gasteiger partial charge >= 0.3 is 5.97 Å². The number of rotatable bonds is 4. The largest absolute Gasteiger partial charge is 0.477 e. The Bertz CT molecular complexity index is 649. The summed E-state index contributed by atoms with van der Waals surface area (Å²) in [4.78, 5) is 22.8. The normalized spacial score (nSPS) is 10.3. The summed E-state index contributed by atoms with van der Waals surface area (Å²) in [6.45, 7) is 0. The van der Waals surface area contributed by atoms with Crippen LogP contribution in [0.1, 0.15) is 15.9 Å². The van der Waals surface area contributed by atoms with Crippen molar-refractivity contribution in [2.24, 2.45) is 7.05 Å². The van der Waals surface area contributed by atoms with E-state index in [1.54, 1.807) is 0 Å². The van der Waals surface area contributed by atoms with Crippen molar-refractivity contribution in [2.45, 2.75) is 6.42 Å². The number of hydrogen-bond acceptors (Lipinski definition) is 3. The van der Waals surface area contributed by atoms with Crippen molar-refractivity contribution in [3.05, 3.63) is 47.4 Å². The van der Waals surface area contributed by atoms with E-state index < -0.39 is 11.9 Å². The van der Waals surface area contributed by atoms with Crippen LogP contribution in [0.15, 0.2) is 30.5 Å². The number of anilines is 1. The summed E-state index contributed by atoms with van der Waals surface area (Å²) >= 11 is 0. The lowest BCUT2D eigenvalue weighted by Gasteiger charge is -2.07. The van der Waals surface area contributed by atoms with E-state index in [-0.39, 0.29) is 23.6 Å². The molecule has 1 heterocycles. The first kappa shape index (κ1) is 13.7. The van der Waals surface area contributed by atoms with Gasteiger partial charge in [-0.25, -0.2) is 9.18 Å². The fourth-order valence-corrected chi connectivity index (χ4v) is 1.71. The maximum absolute atomic E-state index is 12.7. The molecule has 1 amide bonds. The van der Waals surface area contributed by atoms with Crippen LogP contribution in [-0.4, -0.2) is 26.8 Å².